The Morgan fingerprint density at radius 3 is 1.89 bits per heavy atom. The van der Waals surface area contributed by atoms with E-state index in [1.54, 1.807) is 0 Å². The number of hydrogen-bond acceptors (Lipinski definition) is 4. The van der Waals surface area contributed by atoms with Crippen LogP contribution in [0.25, 0.3) is 77.8 Å². The lowest BCUT2D eigenvalue weighted by atomic mass is 10.1. The SMILES string of the molecule is C1=CC(c2nc(-c3ccccc3)nc(-c3ccc4c(c3)oc3cc(-n5c6ccccc6c6ccccc65)ccc34)n2)=CCC1. The van der Waals surface area contributed by atoms with Crippen LogP contribution in [0.5, 0.6) is 0 Å². The summed E-state index contributed by atoms with van der Waals surface area (Å²) in [6.07, 6.45) is 8.50. The number of allylic oxidation sites excluding steroid dienone is 4. The summed E-state index contributed by atoms with van der Waals surface area (Å²) in [5.74, 6) is 1.97. The number of rotatable bonds is 4. The first-order valence-corrected chi connectivity index (χ1v) is 14.9. The molecule has 0 aliphatic heterocycles. The lowest BCUT2D eigenvalue weighted by molar-refractivity contribution is 0.668. The van der Waals surface area contributed by atoms with Crippen molar-refractivity contribution in [3.63, 3.8) is 0 Å². The number of hydrogen-bond donors (Lipinski definition) is 0. The van der Waals surface area contributed by atoms with Gasteiger partial charge in [0.2, 0.25) is 0 Å². The standard InChI is InChI=1S/C39H26N4O/c1-3-11-25(12-4-1)37-40-38(26-13-5-2-6-14-26)42-39(41-37)27-19-21-31-32-22-20-28(24-36(32)44-35(31)23-27)43-33-17-9-7-15-29(33)30-16-8-10-18-34(30)43/h1,3-5,7-24H,2,6H2. The molecule has 0 N–H and O–H groups in total. The quantitative estimate of drug-likeness (QED) is 0.213. The number of fused-ring (bicyclic) bond motifs is 6. The summed E-state index contributed by atoms with van der Waals surface area (Å²) in [6, 6.07) is 39.9. The molecule has 0 bridgehead atoms. The van der Waals surface area contributed by atoms with Gasteiger partial charge in [0, 0.05) is 50.0 Å². The van der Waals surface area contributed by atoms with Gasteiger partial charge in [-0.05, 0) is 49.2 Å². The van der Waals surface area contributed by atoms with Crippen molar-refractivity contribution in [2.45, 2.75) is 12.8 Å². The summed E-state index contributed by atoms with van der Waals surface area (Å²) >= 11 is 0. The first kappa shape index (κ1) is 24.8. The van der Waals surface area contributed by atoms with Crippen LogP contribution in [-0.4, -0.2) is 19.5 Å². The van der Waals surface area contributed by atoms with Gasteiger partial charge in [-0.25, -0.2) is 15.0 Å². The van der Waals surface area contributed by atoms with Crippen molar-refractivity contribution < 1.29 is 4.42 Å². The van der Waals surface area contributed by atoms with Gasteiger partial charge < -0.3 is 8.98 Å². The van der Waals surface area contributed by atoms with Crippen LogP contribution in [-0.2, 0) is 0 Å². The largest absolute Gasteiger partial charge is 0.456 e. The molecule has 0 fully saturated rings. The van der Waals surface area contributed by atoms with Crippen molar-refractivity contribution in [1.82, 2.24) is 19.5 Å². The van der Waals surface area contributed by atoms with Crippen LogP contribution in [0, 0.1) is 0 Å². The van der Waals surface area contributed by atoms with Gasteiger partial charge in [-0.15, -0.1) is 0 Å². The molecule has 44 heavy (non-hydrogen) atoms. The molecule has 3 heterocycles. The maximum absolute atomic E-state index is 6.53. The minimum absolute atomic E-state index is 0.627. The third kappa shape index (κ3) is 3.97. The Morgan fingerprint density at radius 1 is 0.523 bits per heavy atom. The third-order valence-corrected chi connectivity index (χ3v) is 8.47. The maximum atomic E-state index is 6.53. The van der Waals surface area contributed by atoms with E-state index in [2.05, 4.69) is 108 Å². The van der Waals surface area contributed by atoms with E-state index >= 15 is 0 Å². The summed E-state index contributed by atoms with van der Waals surface area (Å²) < 4.78 is 8.85. The average Bonchev–Trinajstić information content (AvgIpc) is 3.63. The Kier molecular flexibility index (Phi) is 5.56. The molecule has 0 amide bonds. The van der Waals surface area contributed by atoms with Crippen LogP contribution in [0.4, 0.5) is 0 Å². The van der Waals surface area contributed by atoms with Crippen molar-refractivity contribution in [3.05, 3.63) is 139 Å². The summed E-state index contributed by atoms with van der Waals surface area (Å²) in [7, 11) is 0. The second-order valence-electron chi connectivity index (χ2n) is 11.2. The van der Waals surface area contributed by atoms with E-state index in [-0.39, 0.29) is 0 Å². The Hall–Kier alpha value is -5.81. The smallest absolute Gasteiger partial charge is 0.164 e. The Morgan fingerprint density at radius 2 is 1.16 bits per heavy atom. The molecule has 0 atom stereocenters. The lowest BCUT2D eigenvalue weighted by Gasteiger charge is -2.10. The molecule has 0 spiro atoms. The van der Waals surface area contributed by atoms with Gasteiger partial charge in [-0.3, -0.25) is 0 Å². The Labute approximate surface area is 253 Å². The molecule has 208 valence electrons. The van der Waals surface area contributed by atoms with Crippen LogP contribution in [0.3, 0.4) is 0 Å². The van der Waals surface area contributed by atoms with E-state index in [0.29, 0.717) is 17.5 Å². The lowest BCUT2D eigenvalue weighted by Crippen LogP contribution is -2.03. The van der Waals surface area contributed by atoms with E-state index in [9.17, 15) is 0 Å². The maximum Gasteiger partial charge on any atom is 0.164 e. The fourth-order valence-corrected chi connectivity index (χ4v) is 6.37. The zero-order valence-corrected chi connectivity index (χ0v) is 23.8. The minimum Gasteiger partial charge on any atom is -0.456 e. The van der Waals surface area contributed by atoms with E-state index in [1.807, 2.05) is 30.3 Å². The van der Waals surface area contributed by atoms with Crippen molar-refractivity contribution in [2.75, 3.05) is 0 Å². The molecular weight excluding hydrogens is 540 g/mol. The highest BCUT2D eigenvalue weighted by molar-refractivity contribution is 6.10. The molecule has 5 heteroatoms. The molecule has 3 aromatic heterocycles. The first-order valence-electron chi connectivity index (χ1n) is 14.9. The highest BCUT2D eigenvalue weighted by Crippen LogP contribution is 2.36. The second-order valence-corrected chi connectivity index (χ2v) is 11.2. The third-order valence-electron chi connectivity index (χ3n) is 8.47. The van der Waals surface area contributed by atoms with Crippen LogP contribution in [0.2, 0.25) is 0 Å². The molecule has 0 saturated carbocycles. The molecule has 9 rings (SSSR count). The molecule has 0 saturated heterocycles. The highest BCUT2D eigenvalue weighted by atomic mass is 16.3. The topological polar surface area (TPSA) is 56.7 Å². The van der Waals surface area contributed by atoms with Gasteiger partial charge in [0.25, 0.3) is 0 Å². The normalized spacial score (nSPS) is 13.3. The predicted octanol–water partition coefficient (Wildman–Crippen LogP) is 9.94. The van der Waals surface area contributed by atoms with E-state index < -0.39 is 0 Å². The van der Waals surface area contributed by atoms with E-state index in [0.717, 1.165) is 57.2 Å². The highest BCUT2D eigenvalue weighted by Gasteiger charge is 2.17. The number of benzene rings is 5. The van der Waals surface area contributed by atoms with Gasteiger partial charge in [0.15, 0.2) is 17.5 Å². The van der Waals surface area contributed by atoms with Crippen LogP contribution >= 0.6 is 0 Å². The Balaban J connectivity index is 1.19. The van der Waals surface area contributed by atoms with Gasteiger partial charge in [0.1, 0.15) is 11.2 Å². The van der Waals surface area contributed by atoms with E-state index in [4.69, 9.17) is 19.4 Å². The van der Waals surface area contributed by atoms with Gasteiger partial charge in [-0.1, -0.05) is 91.0 Å². The molecule has 0 radical (unpaired) electrons. The molecule has 5 aromatic carbocycles. The van der Waals surface area contributed by atoms with Gasteiger partial charge in [0.05, 0.1) is 11.0 Å². The number of para-hydroxylation sites is 2. The fourth-order valence-electron chi connectivity index (χ4n) is 6.37. The van der Waals surface area contributed by atoms with Gasteiger partial charge in [-0.2, -0.15) is 0 Å². The number of aromatic nitrogens is 4. The zero-order chi connectivity index (χ0) is 29.0. The number of furan rings is 1. The van der Waals surface area contributed by atoms with Crippen molar-refractivity contribution >= 4 is 49.3 Å². The minimum atomic E-state index is 0.627. The van der Waals surface area contributed by atoms with Crippen LogP contribution < -0.4 is 0 Å². The molecule has 1 aliphatic carbocycles. The predicted molar refractivity (Wildman–Crippen MR) is 179 cm³/mol. The van der Waals surface area contributed by atoms with Crippen LogP contribution in [0.1, 0.15) is 18.7 Å². The van der Waals surface area contributed by atoms with E-state index in [1.165, 1.54) is 21.8 Å². The summed E-state index contributed by atoms with van der Waals surface area (Å²) in [5, 5.41) is 4.62. The van der Waals surface area contributed by atoms with Crippen molar-refractivity contribution in [2.24, 2.45) is 0 Å². The molecule has 5 nitrogen and oxygen atoms in total. The van der Waals surface area contributed by atoms with Crippen LogP contribution in [0.15, 0.2) is 138 Å². The van der Waals surface area contributed by atoms with Crippen molar-refractivity contribution in [3.8, 4) is 28.5 Å². The Bertz CT molecular complexity index is 2390. The first-order chi connectivity index (χ1) is 21.8. The van der Waals surface area contributed by atoms with Gasteiger partial charge >= 0.3 is 0 Å². The molecular formula is C39H26N4O. The average molecular weight is 567 g/mol. The fraction of sp³-hybridized carbons (Fsp3) is 0.0513. The van der Waals surface area contributed by atoms with Crippen molar-refractivity contribution in [1.29, 1.82) is 0 Å². The monoisotopic (exact) mass is 566 g/mol. The molecule has 8 aromatic rings. The summed E-state index contributed by atoms with van der Waals surface area (Å²) in [6.45, 7) is 0. The second kappa shape index (κ2) is 9.89. The zero-order valence-electron chi connectivity index (χ0n) is 23.8. The summed E-state index contributed by atoms with van der Waals surface area (Å²) in [4.78, 5) is 14.7. The molecule has 1 aliphatic rings. The summed E-state index contributed by atoms with van der Waals surface area (Å²) in [5.41, 5.74) is 7.94. The number of nitrogens with zero attached hydrogens (tertiary/aromatic N) is 4. The molecule has 0 unspecified atom stereocenters.